The quantitative estimate of drug-likeness (QED) is 0.886. The van der Waals surface area contributed by atoms with Crippen molar-refractivity contribution >= 4 is 17.6 Å². The number of nitrogens with zero attached hydrogens (tertiary/aromatic N) is 1. The molecular formula is C15H13FN2O3. The van der Waals surface area contributed by atoms with Gasteiger partial charge in [0.05, 0.1) is 11.3 Å². The molecule has 0 atom stereocenters. The second kappa shape index (κ2) is 6.60. The smallest absolute Gasteiger partial charge is 0.337 e. The number of nitrogens with one attached hydrogen (secondary N) is 1. The molecule has 0 unspecified atom stereocenters. The zero-order chi connectivity index (χ0) is 15.2. The maximum Gasteiger partial charge on any atom is 0.337 e. The number of aromatic carboxylic acids is 1. The fourth-order valence-electron chi connectivity index (χ4n) is 1.82. The summed E-state index contributed by atoms with van der Waals surface area (Å²) in [5.41, 5.74) is 0.772. The summed E-state index contributed by atoms with van der Waals surface area (Å²) >= 11 is 0. The number of rotatable bonds is 5. The van der Waals surface area contributed by atoms with Gasteiger partial charge in [0.25, 0.3) is 0 Å². The van der Waals surface area contributed by atoms with Crippen LogP contribution >= 0.6 is 0 Å². The molecule has 1 heterocycles. The van der Waals surface area contributed by atoms with Crippen molar-refractivity contribution in [3.63, 3.8) is 0 Å². The summed E-state index contributed by atoms with van der Waals surface area (Å²) < 4.78 is 13.0. The summed E-state index contributed by atoms with van der Waals surface area (Å²) in [5.74, 6) is -2.29. The lowest BCUT2D eigenvalue weighted by Crippen LogP contribution is -2.15. The number of carbonyl (C=O) groups excluding carboxylic acids is 1. The SMILES string of the molecule is O=C(CCc1ccncc1)Nc1ccc(F)cc1C(=O)O. The summed E-state index contributed by atoms with van der Waals surface area (Å²) in [6.45, 7) is 0. The van der Waals surface area contributed by atoms with E-state index in [1.54, 1.807) is 24.5 Å². The van der Waals surface area contributed by atoms with Gasteiger partial charge in [-0.3, -0.25) is 9.78 Å². The van der Waals surface area contributed by atoms with Crippen LogP contribution in [0.3, 0.4) is 0 Å². The van der Waals surface area contributed by atoms with Crippen molar-refractivity contribution in [2.75, 3.05) is 5.32 Å². The second-order valence-corrected chi connectivity index (χ2v) is 4.40. The standard InChI is InChI=1S/C15H13FN2O3/c16-11-2-3-13(12(9-11)15(20)21)18-14(19)4-1-10-5-7-17-8-6-10/h2-3,5-9H,1,4H2,(H,18,19)(H,20,21). The van der Waals surface area contributed by atoms with Crippen LogP contribution in [0.4, 0.5) is 10.1 Å². The minimum absolute atomic E-state index is 0.0867. The third-order valence-electron chi connectivity index (χ3n) is 2.88. The number of hydrogen-bond acceptors (Lipinski definition) is 3. The van der Waals surface area contributed by atoms with E-state index in [-0.39, 0.29) is 23.6 Å². The van der Waals surface area contributed by atoms with Crippen molar-refractivity contribution in [2.24, 2.45) is 0 Å². The Morgan fingerprint density at radius 2 is 1.90 bits per heavy atom. The van der Waals surface area contributed by atoms with Gasteiger partial charge in [0.1, 0.15) is 5.82 Å². The molecule has 1 aromatic heterocycles. The molecule has 0 aliphatic heterocycles. The first-order valence-electron chi connectivity index (χ1n) is 6.28. The van der Waals surface area contributed by atoms with Crippen molar-refractivity contribution in [3.8, 4) is 0 Å². The number of aromatic nitrogens is 1. The lowest BCUT2D eigenvalue weighted by atomic mass is 10.1. The topological polar surface area (TPSA) is 79.3 Å². The predicted molar refractivity (Wildman–Crippen MR) is 74.5 cm³/mol. The van der Waals surface area contributed by atoms with Gasteiger partial charge >= 0.3 is 5.97 Å². The molecule has 0 bridgehead atoms. The average Bonchev–Trinajstić information content (AvgIpc) is 2.48. The summed E-state index contributed by atoms with van der Waals surface area (Å²) in [4.78, 5) is 26.7. The normalized spacial score (nSPS) is 10.1. The van der Waals surface area contributed by atoms with Gasteiger partial charge in [-0.15, -0.1) is 0 Å². The Kier molecular flexibility index (Phi) is 4.61. The van der Waals surface area contributed by atoms with E-state index in [2.05, 4.69) is 10.3 Å². The predicted octanol–water partition coefficient (Wildman–Crippen LogP) is 2.49. The van der Waals surface area contributed by atoms with E-state index in [4.69, 9.17) is 5.11 Å². The van der Waals surface area contributed by atoms with Crippen LogP contribution in [0.1, 0.15) is 22.3 Å². The molecule has 2 aromatic rings. The highest BCUT2D eigenvalue weighted by Gasteiger charge is 2.13. The van der Waals surface area contributed by atoms with Gasteiger partial charge < -0.3 is 10.4 Å². The molecule has 5 nitrogen and oxygen atoms in total. The Balaban J connectivity index is 2.01. The zero-order valence-electron chi connectivity index (χ0n) is 11.0. The first-order chi connectivity index (χ1) is 10.1. The van der Waals surface area contributed by atoms with Crippen LogP contribution in [0, 0.1) is 5.82 Å². The van der Waals surface area contributed by atoms with E-state index in [0.717, 1.165) is 17.7 Å². The fourth-order valence-corrected chi connectivity index (χ4v) is 1.82. The highest BCUT2D eigenvalue weighted by Crippen LogP contribution is 2.17. The molecule has 0 spiro atoms. The Morgan fingerprint density at radius 1 is 1.19 bits per heavy atom. The van der Waals surface area contributed by atoms with Crippen LogP contribution in [0.5, 0.6) is 0 Å². The van der Waals surface area contributed by atoms with E-state index in [9.17, 15) is 14.0 Å². The molecule has 0 saturated heterocycles. The van der Waals surface area contributed by atoms with Crippen molar-refractivity contribution in [2.45, 2.75) is 12.8 Å². The maximum atomic E-state index is 13.0. The molecule has 21 heavy (non-hydrogen) atoms. The van der Waals surface area contributed by atoms with Crippen molar-refractivity contribution in [1.29, 1.82) is 0 Å². The molecule has 0 fully saturated rings. The largest absolute Gasteiger partial charge is 0.478 e. The monoisotopic (exact) mass is 288 g/mol. The number of benzene rings is 1. The van der Waals surface area contributed by atoms with E-state index >= 15 is 0 Å². The lowest BCUT2D eigenvalue weighted by Gasteiger charge is -2.08. The van der Waals surface area contributed by atoms with Gasteiger partial charge in [-0.1, -0.05) is 0 Å². The summed E-state index contributed by atoms with van der Waals surface area (Å²) in [7, 11) is 0. The summed E-state index contributed by atoms with van der Waals surface area (Å²) in [6, 6.07) is 6.82. The fraction of sp³-hybridized carbons (Fsp3) is 0.133. The second-order valence-electron chi connectivity index (χ2n) is 4.40. The molecule has 0 aliphatic carbocycles. The van der Waals surface area contributed by atoms with E-state index < -0.39 is 11.8 Å². The minimum Gasteiger partial charge on any atom is -0.478 e. The molecule has 0 aliphatic rings. The highest BCUT2D eigenvalue weighted by molar-refractivity contribution is 6.00. The molecular weight excluding hydrogens is 275 g/mol. The van der Waals surface area contributed by atoms with Crippen LogP contribution in [0.15, 0.2) is 42.7 Å². The number of halogens is 1. The molecule has 0 saturated carbocycles. The number of anilines is 1. The lowest BCUT2D eigenvalue weighted by molar-refractivity contribution is -0.116. The van der Waals surface area contributed by atoms with Gasteiger partial charge in [-0.25, -0.2) is 9.18 Å². The van der Waals surface area contributed by atoms with Gasteiger partial charge in [0.2, 0.25) is 5.91 Å². The third-order valence-corrected chi connectivity index (χ3v) is 2.88. The highest BCUT2D eigenvalue weighted by atomic mass is 19.1. The maximum absolute atomic E-state index is 13.0. The van der Waals surface area contributed by atoms with Crippen molar-refractivity contribution in [3.05, 3.63) is 59.7 Å². The number of aryl methyl sites for hydroxylation is 1. The number of pyridine rings is 1. The van der Waals surface area contributed by atoms with E-state index in [0.29, 0.717) is 6.42 Å². The molecule has 108 valence electrons. The first kappa shape index (κ1) is 14.6. The van der Waals surface area contributed by atoms with Crippen LogP contribution in [0.25, 0.3) is 0 Å². The molecule has 1 aromatic carbocycles. The average molecular weight is 288 g/mol. The third kappa shape index (κ3) is 4.10. The van der Waals surface area contributed by atoms with Crippen LogP contribution in [-0.2, 0) is 11.2 Å². The minimum atomic E-state index is -1.29. The van der Waals surface area contributed by atoms with E-state index in [1.807, 2.05) is 0 Å². The van der Waals surface area contributed by atoms with Crippen molar-refractivity contribution in [1.82, 2.24) is 4.98 Å². The Hall–Kier alpha value is -2.76. The van der Waals surface area contributed by atoms with Crippen molar-refractivity contribution < 1.29 is 19.1 Å². The van der Waals surface area contributed by atoms with Gasteiger partial charge in [0.15, 0.2) is 0 Å². The number of carbonyl (C=O) groups is 2. The summed E-state index contributed by atoms with van der Waals surface area (Å²) in [5, 5.41) is 11.5. The Bertz CT molecular complexity index is 659. The van der Waals surface area contributed by atoms with Crippen LogP contribution < -0.4 is 5.32 Å². The van der Waals surface area contributed by atoms with Gasteiger partial charge in [-0.2, -0.15) is 0 Å². The van der Waals surface area contributed by atoms with Gasteiger partial charge in [0, 0.05) is 18.8 Å². The van der Waals surface area contributed by atoms with Gasteiger partial charge in [-0.05, 0) is 42.3 Å². The summed E-state index contributed by atoms with van der Waals surface area (Å²) in [6.07, 6.45) is 3.98. The molecule has 2 rings (SSSR count). The number of amides is 1. The molecule has 2 N–H and O–H groups in total. The first-order valence-corrected chi connectivity index (χ1v) is 6.28. The Labute approximate surface area is 120 Å². The number of hydrogen-bond donors (Lipinski definition) is 2. The van der Waals surface area contributed by atoms with E-state index in [1.165, 1.54) is 6.07 Å². The zero-order valence-corrected chi connectivity index (χ0v) is 11.0. The van der Waals surface area contributed by atoms with Crippen LogP contribution in [-0.4, -0.2) is 22.0 Å². The van der Waals surface area contributed by atoms with Crippen LogP contribution in [0.2, 0.25) is 0 Å². The molecule has 0 radical (unpaired) electrons. The molecule has 1 amide bonds. The number of carboxylic acids is 1. The molecule has 6 heteroatoms. The number of carboxylic acid groups (broad SMARTS) is 1. The Morgan fingerprint density at radius 3 is 2.57 bits per heavy atom.